The van der Waals surface area contributed by atoms with Crippen molar-refractivity contribution < 1.29 is 0 Å². The Bertz CT molecular complexity index is 208. The van der Waals surface area contributed by atoms with Gasteiger partial charge >= 0.3 is 0 Å². The normalized spacial score (nSPS) is 27.9. The summed E-state index contributed by atoms with van der Waals surface area (Å²) in [6.45, 7) is 9.18. The molecular weight excluding hydrogens is 156 g/mol. The van der Waals surface area contributed by atoms with E-state index in [2.05, 4.69) is 45.9 Å². The third-order valence-corrected chi connectivity index (χ3v) is 3.11. The predicted octanol–water partition coefficient (Wildman–Crippen LogP) is 4.19. The summed E-state index contributed by atoms with van der Waals surface area (Å²) >= 11 is 0. The van der Waals surface area contributed by atoms with Gasteiger partial charge < -0.3 is 0 Å². The highest BCUT2D eigenvalue weighted by molar-refractivity contribution is 5.25. The summed E-state index contributed by atoms with van der Waals surface area (Å²) in [6, 6.07) is 0. The van der Waals surface area contributed by atoms with Crippen LogP contribution in [-0.2, 0) is 0 Å². The molecule has 1 rings (SSSR count). The van der Waals surface area contributed by atoms with Crippen LogP contribution in [0.5, 0.6) is 0 Å². The van der Waals surface area contributed by atoms with Gasteiger partial charge in [0.05, 0.1) is 0 Å². The Hall–Kier alpha value is -0.520. The van der Waals surface area contributed by atoms with Crippen molar-refractivity contribution in [3.63, 3.8) is 0 Å². The van der Waals surface area contributed by atoms with Crippen molar-refractivity contribution >= 4 is 0 Å². The first-order chi connectivity index (χ1) is 6.19. The van der Waals surface area contributed by atoms with Crippen molar-refractivity contribution in [3.05, 3.63) is 23.8 Å². The molecule has 0 aliphatic heterocycles. The van der Waals surface area contributed by atoms with Gasteiger partial charge in [0.1, 0.15) is 0 Å². The van der Waals surface area contributed by atoms with E-state index in [-0.39, 0.29) is 0 Å². The summed E-state index contributed by atoms with van der Waals surface area (Å²) in [5, 5.41) is 0. The Labute approximate surface area is 82.7 Å². The Morgan fingerprint density at radius 3 is 2.46 bits per heavy atom. The van der Waals surface area contributed by atoms with Gasteiger partial charge in [-0.05, 0) is 30.6 Å². The van der Waals surface area contributed by atoms with E-state index in [0.29, 0.717) is 0 Å². The summed E-state index contributed by atoms with van der Waals surface area (Å²) < 4.78 is 0. The molecule has 0 fully saturated rings. The first kappa shape index (κ1) is 10.6. The molecule has 74 valence electrons. The quantitative estimate of drug-likeness (QED) is 0.608. The van der Waals surface area contributed by atoms with E-state index >= 15 is 0 Å². The maximum Gasteiger partial charge on any atom is -0.0142 e. The fourth-order valence-corrected chi connectivity index (χ4v) is 2.13. The van der Waals surface area contributed by atoms with Gasteiger partial charge in [-0.15, -0.1) is 0 Å². The maximum absolute atomic E-state index is 2.48. The molecule has 2 atom stereocenters. The molecule has 0 saturated heterocycles. The van der Waals surface area contributed by atoms with Crippen LogP contribution in [0.1, 0.15) is 40.5 Å². The summed E-state index contributed by atoms with van der Waals surface area (Å²) in [5.74, 6) is 2.32. The van der Waals surface area contributed by atoms with Gasteiger partial charge in [0.15, 0.2) is 0 Å². The topological polar surface area (TPSA) is 0 Å². The first-order valence-electron chi connectivity index (χ1n) is 5.57. The summed E-state index contributed by atoms with van der Waals surface area (Å²) in [6.07, 6.45) is 9.65. The molecule has 0 aromatic rings. The van der Waals surface area contributed by atoms with Gasteiger partial charge in [-0.1, -0.05) is 51.5 Å². The Morgan fingerprint density at radius 2 is 2.00 bits per heavy atom. The van der Waals surface area contributed by atoms with Crippen LogP contribution in [0.3, 0.4) is 0 Å². The molecular formula is C13H22. The highest BCUT2D eigenvalue weighted by atomic mass is 14.3. The van der Waals surface area contributed by atoms with Crippen LogP contribution in [0.4, 0.5) is 0 Å². The molecule has 1 unspecified atom stereocenters. The molecule has 0 amide bonds. The second-order valence-electron chi connectivity index (χ2n) is 4.35. The molecule has 0 nitrogen and oxygen atoms in total. The lowest BCUT2D eigenvalue weighted by molar-refractivity contribution is 0.350. The van der Waals surface area contributed by atoms with E-state index < -0.39 is 0 Å². The minimum absolute atomic E-state index is 0.768. The molecule has 13 heavy (non-hydrogen) atoms. The molecule has 0 spiro atoms. The van der Waals surface area contributed by atoms with Crippen LogP contribution in [0.2, 0.25) is 0 Å². The van der Waals surface area contributed by atoms with Crippen LogP contribution < -0.4 is 0 Å². The monoisotopic (exact) mass is 178 g/mol. The smallest absolute Gasteiger partial charge is 0.0142 e. The SMILES string of the molecule is CCC1=C[C@H](C(C)C)C(CC)C=C1. The number of allylic oxidation sites excluding steroid dienone is 4. The molecule has 1 aliphatic carbocycles. The lowest BCUT2D eigenvalue weighted by Crippen LogP contribution is -2.18. The van der Waals surface area contributed by atoms with E-state index in [4.69, 9.17) is 0 Å². The van der Waals surface area contributed by atoms with Gasteiger partial charge in [0.2, 0.25) is 0 Å². The zero-order chi connectivity index (χ0) is 9.84. The van der Waals surface area contributed by atoms with Crippen LogP contribution in [0.15, 0.2) is 23.8 Å². The van der Waals surface area contributed by atoms with E-state index in [9.17, 15) is 0 Å². The van der Waals surface area contributed by atoms with Crippen LogP contribution >= 0.6 is 0 Å². The number of rotatable bonds is 3. The average molecular weight is 178 g/mol. The second kappa shape index (κ2) is 4.64. The Balaban J connectivity index is 2.76. The molecule has 1 aliphatic rings. The Morgan fingerprint density at radius 1 is 1.31 bits per heavy atom. The van der Waals surface area contributed by atoms with Crippen molar-refractivity contribution in [3.8, 4) is 0 Å². The van der Waals surface area contributed by atoms with Crippen molar-refractivity contribution in [2.45, 2.75) is 40.5 Å². The standard InChI is InChI=1S/C13H22/c1-5-11-7-8-12(6-2)13(9-11)10(3)4/h7-10,12-13H,5-6H2,1-4H3/t12?,13-/m1/s1. The molecule has 0 heterocycles. The molecule has 0 saturated carbocycles. The summed E-state index contributed by atoms with van der Waals surface area (Å²) in [5.41, 5.74) is 1.52. The predicted molar refractivity (Wildman–Crippen MR) is 59.6 cm³/mol. The average Bonchev–Trinajstić information content (AvgIpc) is 2.16. The lowest BCUT2D eigenvalue weighted by Gasteiger charge is -2.28. The first-order valence-corrected chi connectivity index (χ1v) is 5.57. The van der Waals surface area contributed by atoms with Gasteiger partial charge in [0, 0.05) is 0 Å². The summed E-state index contributed by atoms with van der Waals surface area (Å²) in [7, 11) is 0. The fraction of sp³-hybridized carbons (Fsp3) is 0.692. The van der Waals surface area contributed by atoms with Crippen molar-refractivity contribution in [2.24, 2.45) is 17.8 Å². The van der Waals surface area contributed by atoms with E-state index in [1.54, 1.807) is 0 Å². The third kappa shape index (κ3) is 2.46. The zero-order valence-corrected chi connectivity index (χ0v) is 9.38. The second-order valence-corrected chi connectivity index (χ2v) is 4.35. The van der Waals surface area contributed by atoms with Gasteiger partial charge in [-0.3, -0.25) is 0 Å². The van der Waals surface area contributed by atoms with Gasteiger partial charge in [-0.2, -0.15) is 0 Å². The highest BCUT2D eigenvalue weighted by Gasteiger charge is 2.21. The van der Waals surface area contributed by atoms with E-state index in [0.717, 1.165) is 17.8 Å². The van der Waals surface area contributed by atoms with Crippen molar-refractivity contribution in [2.75, 3.05) is 0 Å². The minimum atomic E-state index is 0.768. The van der Waals surface area contributed by atoms with Crippen molar-refractivity contribution in [1.29, 1.82) is 0 Å². The van der Waals surface area contributed by atoms with Crippen LogP contribution in [-0.4, -0.2) is 0 Å². The molecule has 0 N–H and O–H groups in total. The van der Waals surface area contributed by atoms with Gasteiger partial charge in [-0.25, -0.2) is 0 Å². The Kier molecular flexibility index (Phi) is 3.77. The molecule has 0 radical (unpaired) electrons. The van der Waals surface area contributed by atoms with Crippen LogP contribution in [0.25, 0.3) is 0 Å². The highest BCUT2D eigenvalue weighted by Crippen LogP contribution is 2.31. The molecule has 0 bridgehead atoms. The van der Waals surface area contributed by atoms with E-state index in [1.165, 1.54) is 18.4 Å². The summed E-state index contributed by atoms with van der Waals surface area (Å²) in [4.78, 5) is 0. The molecule has 0 aromatic carbocycles. The maximum atomic E-state index is 2.48. The molecule has 0 heteroatoms. The fourth-order valence-electron chi connectivity index (χ4n) is 2.13. The zero-order valence-electron chi connectivity index (χ0n) is 9.38. The number of hydrogen-bond donors (Lipinski definition) is 0. The minimum Gasteiger partial charge on any atom is -0.0806 e. The van der Waals surface area contributed by atoms with Crippen molar-refractivity contribution in [1.82, 2.24) is 0 Å². The largest absolute Gasteiger partial charge is 0.0806 e. The van der Waals surface area contributed by atoms with Gasteiger partial charge in [0.25, 0.3) is 0 Å². The number of hydrogen-bond acceptors (Lipinski definition) is 0. The third-order valence-electron chi connectivity index (χ3n) is 3.11. The van der Waals surface area contributed by atoms with E-state index in [1.807, 2.05) is 0 Å². The van der Waals surface area contributed by atoms with Crippen LogP contribution in [0, 0.1) is 17.8 Å². The molecule has 0 aromatic heterocycles. The lowest BCUT2D eigenvalue weighted by atomic mass is 9.77.